The Morgan fingerprint density at radius 2 is 1.29 bits per heavy atom. The van der Waals surface area contributed by atoms with Crippen molar-refractivity contribution in [3.63, 3.8) is 0 Å². The van der Waals surface area contributed by atoms with E-state index >= 15 is 0 Å². The molecule has 0 atom stereocenters. The van der Waals surface area contributed by atoms with Crippen LogP contribution in [-0.2, 0) is 5.41 Å². The summed E-state index contributed by atoms with van der Waals surface area (Å²) in [6, 6.07) is 45.8. The number of para-hydroxylation sites is 1. The molecule has 10 rings (SSSR count). The molecule has 5 aromatic carbocycles. The molecule has 6 nitrogen and oxygen atoms in total. The minimum atomic E-state index is -0.487. The topological polar surface area (TPSA) is 67.9 Å². The normalized spacial score (nSPS) is 13.4. The van der Waals surface area contributed by atoms with Crippen LogP contribution in [0.3, 0.4) is 0 Å². The lowest BCUT2D eigenvalue weighted by Crippen LogP contribution is -2.33. The van der Waals surface area contributed by atoms with Gasteiger partial charge in [0.2, 0.25) is 5.95 Å². The first kappa shape index (κ1) is 29.3. The van der Waals surface area contributed by atoms with E-state index in [1.807, 2.05) is 61.1 Å². The maximum atomic E-state index is 6.87. The predicted octanol–water partition coefficient (Wildman–Crippen LogP) is 11.4. The van der Waals surface area contributed by atoms with E-state index in [-0.39, 0.29) is 0 Å². The van der Waals surface area contributed by atoms with Crippen molar-refractivity contribution >= 4 is 50.0 Å². The molecule has 242 valence electrons. The van der Waals surface area contributed by atoms with E-state index in [1.54, 1.807) is 0 Å². The molecular formula is C45H31N5O. The van der Waals surface area contributed by atoms with Crippen molar-refractivity contribution in [1.82, 2.24) is 19.9 Å². The van der Waals surface area contributed by atoms with Crippen molar-refractivity contribution in [3.8, 4) is 33.6 Å². The number of aromatic nitrogens is 4. The van der Waals surface area contributed by atoms with Gasteiger partial charge in [0.05, 0.1) is 28.5 Å². The van der Waals surface area contributed by atoms with Crippen LogP contribution in [-0.4, -0.2) is 19.9 Å². The molecule has 0 saturated heterocycles. The molecule has 0 bridgehead atoms. The van der Waals surface area contributed by atoms with Crippen molar-refractivity contribution in [2.24, 2.45) is 0 Å². The second-order valence-electron chi connectivity index (χ2n) is 13.5. The number of rotatable bonds is 4. The van der Waals surface area contributed by atoms with Crippen molar-refractivity contribution in [3.05, 3.63) is 163 Å². The van der Waals surface area contributed by atoms with Crippen molar-refractivity contribution in [1.29, 1.82) is 0 Å². The molecule has 0 fully saturated rings. The fraction of sp³-hybridized carbons (Fsp3) is 0.0667. The van der Waals surface area contributed by atoms with Crippen LogP contribution in [0, 0.1) is 0 Å². The Balaban J connectivity index is 1.32. The SMILES string of the molecule is CC1(C)c2ncccc2N(c2nc(-c3ccccc3)cc(-c3cccc(-c4ccccc4)c3)n2)c2c1c1ccncc1c1c2oc2ccccc21. The molecule has 5 heterocycles. The molecule has 1 aliphatic heterocycles. The molecule has 9 aromatic rings. The van der Waals surface area contributed by atoms with Gasteiger partial charge in [0.15, 0.2) is 5.58 Å². The number of pyridine rings is 2. The smallest absolute Gasteiger partial charge is 0.235 e. The zero-order valence-corrected chi connectivity index (χ0v) is 28.1. The van der Waals surface area contributed by atoms with Crippen LogP contribution >= 0.6 is 0 Å². The molecule has 0 radical (unpaired) electrons. The number of benzene rings is 5. The van der Waals surface area contributed by atoms with Crippen molar-refractivity contribution < 1.29 is 4.42 Å². The fourth-order valence-corrected chi connectivity index (χ4v) is 7.81. The van der Waals surface area contributed by atoms with E-state index in [0.717, 1.165) is 89.0 Å². The van der Waals surface area contributed by atoms with Gasteiger partial charge in [-0.1, -0.05) is 97.1 Å². The monoisotopic (exact) mass is 657 g/mol. The van der Waals surface area contributed by atoms with Crippen LogP contribution in [0.25, 0.3) is 66.4 Å². The number of furan rings is 1. The van der Waals surface area contributed by atoms with Crippen LogP contribution in [0.4, 0.5) is 17.3 Å². The van der Waals surface area contributed by atoms with Crippen LogP contribution in [0.15, 0.2) is 156 Å². The highest BCUT2D eigenvalue weighted by atomic mass is 16.3. The summed E-state index contributed by atoms with van der Waals surface area (Å²) in [6.45, 7) is 4.48. The third-order valence-electron chi connectivity index (χ3n) is 10.1. The zero-order valence-electron chi connectivity index (χ0n) is 28.1. The average molecular weight is 658 g/mol. The van der Waals surface area contributed by atoms with E-state index in [0.29, 0.717) is 5.95 Å². The van der Waals surface area contributed by atoms with Gasteiger partial charge in [0, 0.05) is 51.3 Å². The predicted molar refractivity (Wildman–Crippen MR) is 206 cm³/mol. The Hall–Kier alpha value is -6.66. The quantitative estimate of drug-likeness (QED) is 0.188. The first-order valence-electron chi connectivity index (χ1n) is 17.1. The second kappa shape index (κ2) is 11.2. The summed E-state index contributed by atoms with van der Waals surface area (Å²) in [5.74, 6) is 0.539. The van der Waals surface area contributed by atoms with Gasteiger partial charge in [-0.3, -0.25) is 14.9 Å². The Morgan fingerprint density at radius 3 is 2.12 bits per heavy atom. The van der Waals surface area contributed by atoms with Crippen LogP contribution < -0.4 is 4.90 Å². The number of hydrogen-bond acceptors (Lipinski definition) is 6. The summed E-state index contributed by atoms with van der Waals surface area (Å²) < 4.78 is 6.87. The van der Waals surface area contributed by atoms with Gasteiger partial charge in [0.1, 0.15) is 5.58 Å². The maximum absolute atomic E-state index is 6.87. The summed E-state index contributed by atoms with van der Waals surface area (Å²) >= 11 is 0. The van der Waals surface area contributed by atoms with Gasteiger partial charge < -0.3 is 4.42 Å². The first-order valence-corrected chi connectivity index (χ1v) is 17.1. The zero-order chi connectivity index (χ0) is 34.1. The maximum Gasteiger partial charge on any atom is 0.235 e. The average Bonchev–Trinajstić information content (AvgIpc) is 3.59. The molecule has 0 spiro atoms. The van der Waals surface area contributed by atoms with E-state index in [2.05, 4.69) is 115 Å². The van der Waals surface area contributed by atoms with Gasteiger partial charge in [-0.05, 0) is 72.3 Å². The summed E-state index contributed by atoms with van der Waals surface area (Å²) in [5.41, 5.74) is 10.9. The molecule has 0 N–H and O–H groups in total. The lowest BCUT2D eigenvalue weighted by atomic mass is 9.74. The van der Waals surface area contributed by atoms with Gasteiger partial charge >= 0.3 is 0 Å². The molecular weight excluding hydrogens is 627 g/mol. The number of nitrogens with zero attached hydrogens (tertiary/aromatic N) is 5. The largest absolute Gasteiger partial charge is 0.454 e. The van der Waals surface area contributed by atoms with Crippen molar-refractivity contribution in [2.45, 2.75) is 19.3 Å². The highest BCUT2D eigenvalue weighted by Crippen LogP contribution is 2.57. The third kappa shape index (κ3) is 4.50. The number of hydrogen-bond donors (Lipinski definition) is 0. The molecule has 0 amide bonds. The standard InChI is InChI=1S/C45H31N5O/c1-45(2)40-32-22-24-46-27-34(32)39-33-19-9-10-21-38(33)51-42(39)41(40)50(37-20-12-23-47-43(37)45)44-48-35(29-15-7-4-8-16-29)26-36(49-44)31-18-11-17-30(25-31)28-13-5-3-6-14-28/h3-27H,1-2H3. The lowest BCUT2D eigenvalue weighted by Gasteiger charge is -2.40. The Bertz CT molecular complexity index is 2790. The first-order chi connectivity index (χ1) is 25.1. The molecule has 51 heavy (non-hydrogen) atoms. The molecule has 0 saturated carbocycles. The second-order valence-corrected chi connectivity index (χ2v) is 13.5. The van der Waals surface area contributed by atoms with E-state index in [9.17, 15) is 0 Å². The van der Waals surface area contributed by atoms with E-state index < -0.39 is 5.41 Å². The minimum Gasteiger partial charge on any atom is -0.454 e. The third-order valence-corrected chi connectivity index (χ3v) is 10.1. The van der Waals surface area contributed by atoms with E-state index in [4.69, 9.17) is 19.4 Å². The van der Waals surface area contributed by atoms with Crippen LogP contribution in [0.1, 0.15) is 25.1 Å². The summed E-state index contributed by atoms with van der Waals surface area (Å²) in [7, 11) is 0. The lowest BCUT2D eigenvalue weighted by molar-refractivity contribution is 0.607. The molecule has 6 heteroatoms. The highest BCUT2D eigenvalue weighted by molar-refractivity contribution is 6.24. The summed E-state index contributed by atoms with van der Waals surface area (Å²) in [4.78, 5) is 22.6. The molecule has 4 aromatic heterocycles. The number of anilines is 3. The van der Waals surface area contributed by atoms with Gasteiger partial charge in [-0.15, -0.1) is 0 Å². The Kier molecular flexibility index (Phi) is 6.42. The highest BCUT2D eigenvalue weighted by Gasteiger charge is 2.43. The van der Waals surface area contributed by atoms with Gasteiger partial charge in [-0.2, -0.15) is 0 Å². The molecule has 1 aliphatic rings. The van der Waals surface area contributed by atoms with Crippen LogP contribution in [0.5, 0.6) is 0 Å². The van der Waals surface area contributed by atoms with E-state index in [1.165, 1.54) is 0 Å². The Morgan fingerprint density at radius 1 is 0.588 bits per heavy atom. The minimum absolute atomic E-state index is 0.487. The summed E-state index contributed by atoms with van der Waals surface area (Å²) in [5, 5.41) is 4.21. The van der Waals surface area contributed by atoms with Crippen molar-refractivity contribution in [2.75, 3.05) is 4.90 Å². The van der Waals surface area contributed by atoms with Gasteiger partial charge in [0.25, 0.3) is 0 Å². The number of fused-ring (bicyclic) bond motifs is 9. The molecule has 0 aliphatic carbocycles. The summed E-state index contributed by atoms with van der Waals surface area (Å²) in [6.07, 6.45) is 5.70. The molecule has 0 unspecified atom stereocenters. The van der Waals surface area contributed by atoms with Crippen LogP contribution in [0.2, 0.25) is 0 Å². The van der Waals surface area contributed by atoms with Gasteiger partial charge in [-0.25, -0.2) is 9.97 Å². The fourth-order valence-electron chi connectivity index (χ4n) is 7.81. The Labute approximate surface area is 294 Å².